The second-order valence-electron chi connectivity index (χ2n) is 9.80. The van der Waals surface area contributed by atoms with Gasteiger partial charge in [-0.2, -0.15) is 10.3 Å². The molecule has 2 aromatic heterocycles. The highest BCUT2D eigenvalue weighted by Crippen LogP contribution is 2.26. The molecule has 0 radical (unpaired) electrons. The highest BCUT2D eigenvalue weighted by atomic mass is 32.1. The van der Waals surface area contributed by atoms with Gasteiger partial charge in [0, 0.05) is 23.1 Å². The van der Waals surface area contributed by atoms with Crippen molar-refractivity contribution < 1.29 is 22.7 Å². The van der Waals surface area contributed by atoms with E-state index in [4.69, 9.17) is 0 Å². The minimum atomic E-state index is -4.77. The third kappa shape index (κ3) is 6.73. The average molecular weight is 603 g/mol. The Balaban J connectivity index is 1.31. The van der Waals surface area contributed by atoms with Crippen LogP contribution in [-0.4, -0.2) is 31.6 Å². The molecule has 8 nitrogen and oxygen atoms in total. The lowest BCUT2D eigenvalue weighted by Gasteiger charge is -2.13. The third-order valence-electron chi connectivity index (χ3n) is 6.69. The van der Waals surface area contributed by atoms with Crippen molar-refractivity contribution in [3.05, 3.63) is 106 Å². The van der Waals surface area contributed by atoms with Gasteiger partial charge in [0.25, 0.3) is 0 Å². The Labute approximate surface area is 249 Å². The molecule has 218 valence electrons. The van der Waals surface area contributed by atoms with Gasteiger partial charge in [-0.3, -0.25) is 9.36 Å². The predicted molar refractivity (Wildman–Crippen MR) is 155 cm³/mol. The number of nitrogens with zero attached hydrogens (tertiary/aromatic N) is 6. The van der Waals surface area contributed by atoms with Gasteiger partial charge in [-0.05, 0) is 61.7 Å². The zero-order valence-corrected chi connectivity index (χ0v) is 24.1. The lowest BCUT2D eigenvalue weighted by Crippen LogP contribution is -2.19. The first-order valence-corrected chi connectivity index (χ1v) is 14.0. The molecule has 0 bridgehead atoms. The maximum atomic E-state index is 13.0. The van der Waals surface area contributed by atoms with E-state index in [9.17, 15) is 23.2 Å². The molecule has 3 aromatic carbocycles. The molecular weight excluding hydrogens is 577 g/mol. The lowest BCUT2D eigenvalue weighted by atomic mass is 9.96. The largest absolute Gasteiger partial charge is 0.573 e. The van der Waals surface area contributed by atoms with E-state index < -0.39 is 18.2 Å². The number of para-hydroxylation sites is 1. The Morgan fingerprint density at radius 3 is 2.35 bits per heavy atom. The van der Waals surface area contributed by atoms with Crippen molar-refractivity contribution in [2.24, 2.45) is 4.99 Å². The topological polar surface area (TPSA) is 98.1 Å². The fourth-order valence-corrected chi connectivity index (χ4v) is 5.53. The number of carbonyl (C=O) groups excluding carboxylic acids is 1. The van der Waals surface area contributed by atoms with E-state index in [0.29, 0.717) is 27.4 Å². The molecular formula is C31H25F3N6O2S. The van der Waals surface area contributed by atoms with E-state index >= 15 is 0 Å². The highest BCUT2D eigenvalue weighted by molar-refractivity contribution is 7.07. The number of thiazole rings is 1. The fraction of sp³-hybridized carbons (Fsp3) is 0.194. The first-order chi connectivity index (χ1) is 20.5. The number of hydrogen-bond acceptors (Lipinski definition) is 6. The van der Waals surface area contributed by atoms with Gasteiger partial charge < -0.3 is 4.74 Å². The van der Waals surface area contributed by atoms with Crippen LogP contribution in [0.3, 0.4) is 0 Å². The molecule has 0 N–H and O–H groups in total. The number of nitriles is 1. The van der Waals surface area contributed by atoms with Gasteiger partial charge in [-0.1, -0.05) is 42.5 Å². The second-order valence-corrected chi connectivity index (χ2v) is 10.6. The first-order valence-electron chi connectivity index (χ1n) is 13.1. The number of ether oxygens (including phenoxy) is 1. The molecule has 43 heavy (non-hydrogen) atoms. The summed E-state index contributed by atoms with van der Waals surface area (Å²) in [6, 6.07) is 20.5. The molecule has 5 rings (SSSR count). The minimum absolute atomic E-state index is 0.0829. The molecule has 0 aliphatic rings. The van der Waals surface area contributed by atoms with Crippen LogP contribution in [0.4, 0.5) is 13.2 Å². The standard InChI is InChI=1S/C31H25F3N6O2S/c1-19-5-4-6-20(2)28(19)40-21(3)17-43-30(40)37-27(41)15-24(16-35)22-7-9-23(10-8-22)29-36-18-39(38-29)25-11-13-26(14-12-25)42-31(32,33)34/h4-14,17-18,24H,15H2,1-3H3. The van der Waals surface area contributed by atoms with Gasteiger partial charge in [0.1, 0.15) is 12.1 Å². The Kier molecular flexibility index (Phi) is 8.27. The molecule has 1 unspecified atom stereocenters. The summed E-state index contributed by atoms with van der Waals surface area (Å²) in [5, 5.41) is 16.2. The number of carbonyl (C=O) groups is 1. The number of halogens is 3. The zero-order chi connectivity index (χ0) is 30.7. The van der Waals surface area contributed by atoms with E-state index in [2.05, 4.69) is 25.9 Å². The van der Waals surface area contributed by atoms with Crippen LogP contribution in [0.2, 0.25) is 0 Å². The van der Waals surface area contributed by atoms with Gasteiger partial charge in [-0.25, -0.2) is 9.67 Å². The van der Waals surface area contributed by atoms with Crippen LogP contribution in [0.5, 0.6) is 5.75 Å². The molecule has 2 heterocycles. The van der Waals surface area contributed by atoms with Crippen LogP contribution in [-0.2, 0) is 4.79 Å². The summed E-state index contributed by atoms with van der Waals surface area (Å²) in [4.78, 5) is 22.2. The first kappa shape index (κ1) is 29.5. The smallest absolute Gasteiger partial charge is 0.406 e. The van der Waals surface area contributed by atoms with Crippen molar-refractivity contribution in [1.29, 1.82) is 5.26 Å². The van der Waals surface area contributed by atoms with E-state index in [1.807, 2.05) is 48.9 Å². The van der Waals surface area contributed by atoms with Crippen LogP contribution in [0.1, 0.15) is 34.7 Å². The number of hydrogen-bond donors (Lipinski definition) is 0. The second kappa shape index (κ2) is 12.1. The Morgan fingerprint density at radius 1 is 1.05 bits per heavy atom. The van der Waals surface area contributed by atoms with Crippen molar-refractivity contribution in [2.45, 2.75) is 39.5 Å². The zero-order valence-electron chi connectivity index (χ0n) is 23.3. The van der Waals surface area contributed by atoms with Crippen molar-refractivity contribution in [1.82, 2.24) is 19.3 Å². The molecule has 5 aromatic rings. The molecule has 0 spiro atoms. The maximum Gasteiger partial charge on any atom is 0.573 e. The summed E-state index contributed by atoms with van der Waals surface area (Å²) in [6.07, 6.45) is -3.41. The minimum Gasteiger partial charge on any atom is -0.406 e. The molecule has 12 heteroatoms. The van der Waals surface area contributed by atoms with Crippen LogP contribution in [0.25, 0.3) is 22.8 Å². The highest BCUT2D eigenvalue weighted by Gasteiger charge is 2.31. The monoisotopic (exact) mass is 602 g/mol. The number of rotatable bonds is 7. The summed E-state index contributed by atoms with van der Waals surface area (Å²) in [5.74, 6) is -1.06. The van der Waals surface area contributed by atoms with Gasteiger partial charge in [0.15, 0.2) is 10.6 Å². The third-order valence-corrected chi connectivity index (χ3v) is 7.64. The summed E-state index contributed by atoms with van der Waals surface area (Å²) >= 11 is 1.38. The molecule has 0 saturated carbocycles. The van der Waals surface area contributed by atoms with Crippen LogP contribution < -0.4 is 9.54 Å². The van der Waals surface area contributed by atoms with Crippen molar-refractivity contribution >= 4 is 17.2 Å². The van der Waals surface area contributed by atoms with Gasteiger partial charge in [0.2, 0.25) is 5.91 Å². The molecule has 1 atom stereocenters. The van der Waals surface area contributed by atoms with Gasteiger partial charge >= 0.3 is 6.36 Å². The summed E-state index contributed by atoms with van der Waals surface area (Å²) < 4.78 is 44.5. The quantitative estimate of drug-likeness (QED) is 0.206. The lowest BCUT2D eigenvalue weighted by molar-refractivity contribution is -0.274. The van der Waals surface area contributed by atoms with Crippen LogP contribution in [0, 0.1) is 32.1 Å². The molecule has 0 fully saturated rings. The van der Waals surface area contributed by atoms with Crippen molar-refractivity contribution in [2.75, 3.05) is 0 Å². The van der Waals surface area contributed by atoms with E-state index in [1.54, 1.807) is 24.3 Å². The fourth-order valence-electron chi connectivity index (χ4n) is 4.65. The molecule has 1 amide bonds. The molecule has 0 saturated heterocycles. The molecule has 0 aliphatic heterocycles. The van der Waals surface area contributed by atoms with Crippen LogP contribution in [0.15, 0.2) is 83.4 Å². The number of aromatic nitrogens is 4. The van der Waals surface area contributed by atoms with Crippen molar-refractivity contribution in [3.63, 3.8) is 0 Å². The SMILES string of the molecule is Cc1cccc(C)c1-n1c(C)csc1=NC(=O)CC(C#N)c1ccc(-c2ncn(-c3ccc(OC(F)(F)F)cc3)n2)cc1. The van der Waals surface area contributed by atoms with E-state index in [-0.39, 0.29) is 12.2 Å². The Morgan fingerprint density at radius 2 is 1.72 bits per heavy atom. The number of amides is 1. The average Bonchev–Trinajstić information content (AvgIpc) is 3.59. The summed E-state index contributed by atoms with van der Waals surface area (Å²) in [7, 11) is 0. The van der Waals surface area contributed by atoms with Crippen molar-refractivity contribution in [3.8, 4) is 34.6 Å². The Bertz CT molecular complexity index is 1860. The van der Waals surface area contributed by atoms with Crippen LogP contribution >= 0.6 is 11.3 Å². The predicted octanol–water partition coefficient (Wildman–Crippen LogP) is 6.74. The van der Waals surface area contributed by atoms with Gasteiger partial charge in [0.05, 0.1) is 23.4 Å². The maximum absolute atomic E-state index is 13.0. The van der Waals surface area contributed by atoms with Gasteiger partial charge in [-0.15, -0.1) is 29.6 Å². The number of benzene rings is 3. The molecule has 0 aliphatic carbocycles. The number of aryl methyl sites for hydroxylation is 3. The number of alkyl halides is 3. The summed E-state index contributed by atoms with van der Waals surface area (Å²) in [5.41, 5.74) is 5.90. The summed E-state index contributed by atoms with van der Waals surface area (Å²) in [6.45, 7) is 6.00. The normalized spacial score (nSPS) is 12.6. The Hall–Kier alpha value is -5.02. The van der Waals surface area contributed by atoms with E-state index in [0.717, 1.165) is 22.5 Å². The van der Waals surface area contributed by atoms with E-state index in [1.165, 1.54) is 46.6 Å².